The van der Waals surface area contributed by atoms with E-state index in [0.29, 0.717) is 28.7 Å². The summed E-state index contributed by atoms with van der Waals surface area (Å²) in [5.74, 6) is 2.62. The molecule has 1 saturated carbocycles. The first-order chi connectivity index (χ1) is 13.1. The van der Waals surface area contributed by atoms with Gasteiger partial charge in [-0.2, -0.15) is 0 Å². The Morgan fingerprint density at radius 3 is 2.63 bits per heavy atom. The first-order valence-corrected chi connectivity index (χ1v) is 10.1. The van der Waals surface area contributed by atoms with Crippen molar-refractivity contribution in [1.29, 1.82) is 0 Å². The lowest BCUT2D eigenvalue weighted by molar-refractivity contribution is -0.119. The third-order valence-corrected chi connectivity index (χ3v) is 5.56. The number of carbonyl (C=O) groups is 1. The SMILES string of the molecule is COc1ccc(-c2nnc(SCC(=O)NC3CCC(C)CC3)o2)cc1OC. The van der Waals surface area contributed by atoms with Gasteiger partial charge in [-0.1, -0.05) is 18.7 Å². The lowest BCUT2D eigenvalue weighted by Crippen LogP contribution is -2.38. The Bertz CT molecular complexity index is 772. The molecule has 1 aliphatic rings. The summed E-state index contributed by atoms with van der Waals surface area (Å²) in [5, 5.41) is 11.5. The van der Waals surface area contributed by atoms with Crippen LogP contribution in [0.3, 0.4) is 0 Å². The number of thioether (sulfide) groups is 1. The van der Waals surface area contributed by atoms with Crippen LogP contribution in [0.5, 0.6) is 11.5 Å². The van der Waals surface area contributed by atoms with Crippen molar-refractivity contribution in [3.63, 3.8) is 0 Å². The van der Waals surface area contributed by atoms with Gasteiger partial charge in [-0.3, -0.25) is 4.79 Å². The van der Waals surface area contributed by atoms with Gasteiger partial charge in [0.1, 0.15) is 0 Å². The lowest BCUT2D eigenvalue weighted by atomic mass is 9.87. The minimum Gasteiger partial charge on any atom is -0.493 e. The van der Waals surface area contributed by atoms with Crippen LogP contribution in [-0.4, -0.2) is 42.1 Å². The van der Waals surface area contributed by atoms with Crippen molar-refractivity contribution in [2.24, 2.45) is 5.92 Å². The number of hydrogen-bond acceptors (Lipinski definition) is 7. The highest BCUT2D eigenvalue weighted by Crippen LogP contribution is 2.32. The van der Waals surface area contributed by atoms with Crippen LogP contribution in [0.25, 0.3) is 11.5 Å². The molecule has 1 N–H and O–H groups in total. The summed E-state index contributed by atoms with van der Waals surface area (Å²) in [4.78, 5) is 12.1. The number of benzene rings is 1. The molecule has 0 bridgehead atoms. The molecular formula is C19H25N3O4S. The van der Waals surface area contributed by atoms with Crippen molar-refractivity contribution in [3.05, 3.63) is 18.2 Å². The number of hydrogen-bond donors (Lipinski definition) is 1. The molecule has 1 aromatic heterocycles. The summed E-state index contributed by atoms with van der Waals surface area (Å²) in [6, 6.07) is 5.67. The molecule has 0 saturated heterocycles. The van der Waals surface area contributed by atoms with Crippen molar-refractivity contribution in [2.75, 3.05) is 20.0 Å². The summed E-state index contributed by atoms with van der Waals surface area (Å²) < 4.78 is 16.2. The normalized spacial score (nSPS) is 19.5. The smallest absolute Gasteiger partial charge is 0.277 e. The summed E-state index contributed by atoms with van der Waals surface area (Å²) in [6.45, 7) is 2.26. The number of aromatic nitrogens is 2. The average molecular weight is 391 g/mol. The molecule has 1 heterocycles. The van der Waals surface area contributed by atoms with E-state index in [0.717, 1.165) is 24.3 Å². The zero-order chi connectivity index (χ0) is 19.2. The maximum Gasteiger partial charge on any atom is 0.277 e. The molecule has 2 aromatic rings. The number of carbonyl (C=O) groups excluding carboxylic acids is 1. The molecule has 0 aliphatic heterocycles. The average Bonchev–Trinajstić information content (AvgIpc) is 3.16. The minimum atomic E-state index is 0.00502. The van der Waals surface area contributed by atoms with Crippen molar-refractivity contribution < 1.29 is 18.7 Å². The largest absolute Gasteiger partial charge is 0.493 e. The molecule has 1 aliphatic carbocycles. The van der Waals surface area contributed by atoms with E-state index in [1.807, 2.05) is 6.07 Å². The first-order valence-electron chi connectivity index (χ1n) is 9.07. The van der Waals surface area contributed by atoms with Gasteiger partial charge >= 0.3 is 0 Å². The van der Waals surface area contributed by atoms with Gasteiger partial charge in [0.15, 0.2) is 11.5 Å². The van der Waals surface area contributed by atoms with Crippen molar-refractivity contribution in [3.8, 4) is 23.0 Å². The van der Waals surface area contributed by atoms with E-state index < -0.39 is 0 Å². The second kappa shape index (κ2) is 9.12. The molecule has 27 heavy (non-hydrogen) atoms. The highest BCUT2D eigenvalue weighted by molar-refractivity contribution is 7.99. The number of methoxy groups -OCH3 is 2. The van der Waals surface area contributed by atoms with Crippen LogP contribution in [0.15, 0.2) is 27.8 Å². The second-order valence-corrected chi connectivity index (χ2v) is 7.68. The molecule has 146 valence electrons. The van der Waals surface area contributed by atoms with Crippen LogP contribution >= 0.6 is 11.8 Å². The molecule has 8 heteroatoms. The topological polar surface area (TPSA) is 86.5 Å². The van der Waals surface area contributed by atoms with E-state index in [2.05, 4.69) is 22.4 Å². The Labute approximate surface area is 163 Å². The molecule has 7 nitrogen and oxygen atoms in total. The Kier molecular flexibility index (Phi) is 6.60. The summed E-state index contributed by atoms with van der Waals surface area (Å²) in [7, 11) is 3.15. The fourth-order valence-electron chi connectivity index (χ4n) is 3.16. The van der Waals surface area contributed by atoms with Gasteiger partial charge in [0.2, 0.25) is 11.8 Å². The third-order valence-electron chi connectivity index (χ3n) is 4.74. The predicted octanol–water partition coefficient (Wildman–Crippen LogP) is 3.54. The Hall–Kier alpha value is -2.22. The molecule has 1 fully saturated rings. The molecule has 3 rings (SSSR count). The van der Waals surface area contributed by atoms with E-state index in [1.165, 1.54) is 24.6 Å². The summed E-state index contributed by atoms with van der Waals surface area (Å²) in [6.07, 6.45) is 4.47. The van der Waals surface area contributed by atoms with E-state index in [-0.39, 0.29) is 11.7 Å². The number of ether oxygens (including phenoxy) is 2. The number of nitrogens with one attached hydrogen (secondary N) is 1. The molecule has 0 radical (unpaired) electrons. The van der Waals surface area contributed by atoms with Gasteiger partial charge < -0.3 is 19.2 Å². The third kappa shape index (κ3) is 5.15. The molecule has 1 aromatic carbocycles. The van der Waals surface area contributed by atoms with Gasteiger partial charge in [0.25, 0.3) is 5.22 Å². The van der Waals surface area contributed by atoms with Crippen LogP contribution in [0.1, 0.15) is 32.6 Å². The quantitative estimate of drug-likeness (QED) is 0.722. The zero-order valence-corrected chi connectivity index (χ0v) is 16.7. The number of rotatable bonds is 7. The first kappa shape index (κ1) is 19.5. The zero-order valence-electron chi connectivity index (χ0n) is 15.9. The van der Waals surface area contributed by atoms with Gasteiger partial charge in [-0.25, -0.2) is 0 Å². The van der Waals surface area contributed by atoms with Crippen LogP contribution in [0, 0.1) is 5.92 Å². The van der Waals surface area contributed by atoms with Crippen molar-refractivity contribution >= 4 is 17.7 Å². The van der Waals surface area contributed by atoms with Crippen LogP contribution in [-0.2, 0) is 4.79 Å². The van der Waals surface area contributed by atoms with Crippen LogP contribution in [0.2, 0.25) is 0 Å². The highest BCUT2D eigenvalue weighted by Gasteiger charge is 2.20. The van der Waals surface area contributed by atoms with E-state index in [1.54, 1.807) is 26.4 Å². The fraction of sp³-hybridized carbons (Fsp3) is 0.526. The van der Waals surface area contributed by atoms with Gasteiger partial charge in [0, 0.05) is 11.6 Å². The van der Waals surface area contributed by atoms with Crippen molar-refractivity contribution in [1.82, 2.24) is 15.5 Å². The second-order valence-electron chi connectivity index (χ2n) is 6.76. The number of nitrogens with zero attached hydrogens (tertiary/aromatic N) is 2. The van der Waals surface area contributed by atoms with Gasteiger partial charge in [0.05, 0.1) is 20.0 Å². The van der Waals surface area contributed by atoms with E-state index in [9.17, 15) is 4.79 Å². The maximum atomic E-state index is 12.1. The van der Waals surface area contributed by atoms with Crippen LogP contribution in [0.4, 0.5) is 0 Å². The molecular weight excluding hydrogens is 366 g/mol. The Morgan fingerprint density at radius 1 is 1.19 bits per heavy atom. The van der Waals surface area contributed by atoms with E-state index >= 15 is 0 Å². The molecule has 0 atom stereocenters. The van der Waals surface area contributed by atoms with Gasteiger partial charge in [-0.05, 0) is 49.8 Å². The Morgan fingerprint density at radius 2 is 1.93 bits per heavy atom. The Balaban J connectivity index is 1.54. The van der Waals surface area contributed by atoms with Gasteiger partial charge in [-0.15, -0.1) is 10.2 Å². The maximum absolute atomic E-state index is 12.1. The summed E-state index contributed by atoms with van der Waals surface area (Å²) in [5.41, 5.74) is 0.729. The predicted molar refractivity (Wildman–Crippen MR) is 103 cm³/mol. The standard InChI is InChI=1S/C19H25N3O4S/c1-12-4-7-14(8-5-12)20-17(23)11-27-19-22-21-18(26-19)13-6-9-15(24-2)16(10-13)25-3/h6,9-10,12,14H,4-5,7-8,11H2,1-3H3,(H,20,23). The number of amides is 1. The van der Waals surface area contributed by atoms with Crippen LogP contribution < -0.4 is 14.8 Å². The van der Waals surface area contributed by atoms with E-state index in [4.69, 9.17) is 13.9 Å². The minimum absolute atomic E-state index is 0.00502. The monoisotopic (exact) mass is 391 g/mol. The fourth-order valence-corrected chi connectivity index (χ4v) is 3.73. The highest BCUT2D eigenvalue weighted by atomic mass is 32.2. The summed E-state index contributed by atoms with van der Waals surface area (Å²) >= 11 is 1.24. The molecule has 0 spiro atoms. The lowest BCUT2D eigenvalue weighted by Gasteiger charge is -2.26. The van der Waals surface area contributed by atoms with Crippen molar-refractivity contribution in [2.45, 2.75) is 43.9 Å². The molecule has 0 unspecified atom stereocenters. The molecule has 1 amide bonds.